The van der Waals surface area contributed by atoms with Crippen LogP contribution in [-0.2, 0) is 5.41 Å². The van der Waals surface area contributed by atoms with E-state index in [0.717, 1.165) is 55.6 Å². The van der Waals surface area contributed by atoms with Gasteiger partial charge in [-0.15, -0.1) is 11.3 Å². The molecule has 5 nitrogen and oxygen atoms in total. The Morgan fingerprint density at radius 1 is 0.557 bits per heavy atom. The molecular weight excluding hydrogens is 767 g/mol. The van der Waals surface area contributed by atoms with Crippen molar-refractivity contribution < 1.29 is 13.9 Å². The normalized spacial score (nSPS) is 13.7. The molecule has 3 aliphatic rings. The highest BCUT2D eigenvalue weighted by atomic mass is 32.1. The fourth-order valence-corrected chi connectivity index (χ4v) is 11.7. The van der Waals surface area contributed by atoms with Crippen LogP contribution in [0.4, 0.5) is 17.1 Å². The number of thiophene rings is 1. The summed E-state index contributed by atoms with van der Waals surface area (Å²) in [5.41, 5.74) is 14.4. The van der Waals surface area contributed by atoms with Crippen LogP contribution in [0.1, 0.15) is 26.3 Å². The molecule has 61 heavy (non-hydrogen) atoms. The SMILES string of the molecule is CC(C)(C)c1ccc(N2c3cc4c(cc3B3c5c(cc6c(oc7ccccc76)c52)-c2cccc5c6c7ccccc7sc6n3c25)Oc2ccccc2O4)c(-c2ccccc2)c1. The van der Waals surface area contributed by atoms with Crippen molar-refractivity contribution in [1.29, 1.82) is 0 Å². The molecule has 0 amide bonds. The summed E-state index contributed by atoms with van der Waals surface area (Å²) in [5.74, 6) is 2.79. The van der Waals surface area contributed by atoms with E-state index in [9.17, 15) is 0 Å². The van der Waals surface area contributed by atoms with E-state index < -0.39 is 0 Å². The van der Waals surface area contributed by atoms with Crippen molar-refractivity contribution >= 4 is 99.3 Å². The maximum Gasteiger partial charge on any atom is 0.334 e. The molecule has 0 radical (unpaired) electrons. The zero-order valence-electron chi connectivity index (χ0n) is 33.6. The van der Waals surface area contributed by atoms with Gasteiger partial charge < -0.3 is 23.3 Å². The largest absolute Gasteiger partial charge is 0.454 e. The molecule has 7 heteroatoms. The van der Waals surface area contributed by atoms with Crippen LogP contribution < -0.4 is 25.3 Å². The average molecular weight is 803 g/mol. The molecule has 288 valence electrons. The van der Waals surface area contributed by atoms with E-state index in [1.54, 1.807) is 0 Å². The van der Waals surface area contributed by atoms with Crippen LogP contribution in [0.15, 0.2) is 162 Å². The number of anilines is 3. The van der Waals surface area contributed by atoms with Crippen LogP contribution in [0, 0.1) is 0 Å². The van der Waals surface area contributed by atoms with Gasteiger partial charge in [-0.3, -0.25) is 0 Å². The van der Waals surface area contributed by atoms with E-state index in [1.165, 1.54) is 53.4 Å². The Labute approximate surface area is 355 Å². The second kappa shape index (κ2) is 11.7. The first-order valence-corrected chi connectivity index (χ1v) is 21.8. The van der Waals surface area contributed by atoms with Crippen molar-refractivity contribution in [2.75, 3.05) is 4.90 Å². The molecule has 14 rings (SSSR count). The number of para-hydroxylation sites is 4. The number of hydrogen-bond acceptors (Lipinski definition) is 5. The molecule has 0 saturated heterocycles. The Balaban J connectivity index is 1.18. The molecule has 0 aliphatic carbocycles. The lowest BCUT2D eigenvalue weighted by atomic mass is 9.45. The lowest BCUT2D eigenvalue weighted by Gasteiger charge is -2.41. The third-order valence-corrected chi connectivity index (χ3v) is 14.3. The fraction of sp³-hybridized carbons (Fsp3) is 0.0741. The summed E-state index contributed by atoms with van der Waals surface area (Å²) in [7, 11) is 0. The van der Waals surface area contributed by atoms with Crippen LogP contribution in [0.25, 0.3) is 75.4 Å². The van der Waals surface area contributed by atoms with Crippen LogP contribution in [-0.4, -0.2) is 11.3 Å². The fourth-order valence-electron chi connectivity index (χ4n) is 10.4. The van der Waals surface area contributed by atoms with Gasteiger partial charge in [0.25, 0.3) is 0 Å². The number of furan rings is 1. The highest BCUT2D eigenvalue weighted by molar-refractivity contribution is 7.26. The molecule has 0 saturated carbocycles. The smallest absolute Gasteiger partial charge is 0.334 e. The Morgan fingerprint density at radius 2 is 1.28 bits per heavy atom. The molecule has 0 atom stereocenters. The van der Waals surface area contributed by atoms with Crippen molar-refractivity contribution in [2.24, 2.45) is 0 Å². The lowest BCUT2D eigenvalue weighted by Crippen LogP contribution is -2.56. The second-order valence-electron chi connectivity index (χ2n) is 17.6. The molecule has 0 fully saturated rings. The third-order valence-electron chi connectivity index (χ3n) is 13.2. The van der Waals surface area contributed by atoms with Gasteiger partial charge in [-0.2, -0.15) is 0 Å². The summed E-state index contributed by atoms with van der Waals surface area (Å²) in [6, 6.07) is 56.8. The number of benzene rings is 8. The van der Waals surface area contributed by atoms with E-state index in [-0.39, 0.29) is 12.3 Å². The van der Waals surface area contributed by atoms with E-state index in [4.69, 9.17) is 13.9 Å². The molecule has 0 unspecified atom stereocenters. The standard InChI is InChI=1S/C54H35BN2O3S/c1-54(2,3)31-24-25-40(36(26-31)30-14-5-4-6-15-30)56-41-29-46-45(58-43-21-10-11-22-44(43)59-46)28-39(41)55-49-37(27-38-32-16-7-9-20-42(32)60-52(38)51(49)56)33-18-13-19-35-48-34-17-8-12-23-47(34)61-53(48)57(55)50(33)35/h4-29H,1-3H3. The van der Waals surface area contributed by atoms with Crippen LogP contribution in [0.3, 0.4) is 0 Å². The summed E-state index contributed by atoms with van der Waals surface area (Å²) in [5, 5.41) is 6.07. The minimum atomic E-state index is -0.211. The number of aromatic nitrogens is 1. The van der Waals surface area contributed by atoms with Gasteiger partial charge >= 0.3 is 6.85 Å². The summed E-state index contributed by atoms with van der Waals surface area (Å²) in [4.78, 5) is 3.74. The van der Waals surface area contributed by atoms with Gasteiger partial charge in [0.2, 0.25) is 0 Å². The first-order valence-electron chi connectivity index (χ1n) is 20.9. The zero-order valence-corrected chi connectivity index (χ0v) is 34.4. The summed E-state index contributed by atoms with van der Waals surface area (Å²) >= 11 is 1.88. The maximum atomic E-state index is 7.15. The maximum absolute atomic E-state index is 7.15. The molecule has 3 aromatic heterocycles. The van der Waals surface area contributed by atoms with Crippen molar-refractivity contribution in [3.8, 4) is 45.3 Å². The summed E-state index contributed by atoms with van der Waals surface area (Å²) in [6.45, 7) is 6.65. The van der Waals surface area contributed by atoms with Crippen LogP contribution in [0.2, 0.25) is 0 Å². The van der Waals surface area contributed by atoms with Crippen molar-refractivity contribution in [3.05, 3.63) is 163 Å². The zero-order chi connectivity index (χ0) is 40.3. The Hall–Kier alpha value is -7.22. The minimum Gasteiger partial charge on any atom is -0.454 e. The van der Waals surface area contributed by atoms with Gasteiger partial charge in [-0.25, -0.2) is 0 Å². The van der Waals surface area contributed by atoms with Gasteiger partial charge in [0, 0.05) is 60.0 Å². The molecular formula is C54H35BN2O3S. The predicted molar refractivity (Wildman–Crippen MR) is 253 cm³/mol. The number of hydrogen-bond donors (Lipinski definition) is 0. The number of rotatable bonds is 2. The monoisotopic (exact) mass is 802 g/mol. The Bertz CT molecular complexity index is 3720. The average Bonchev–Trinajstić information content (AvgIpc) is 3.96. The molecule has 6 heterocycles. The molecule has 0 spiro atoms. The van der Waals surface area contributed by atoms with Gasteiger partial charge in [-0.05, 0) is 81.6 Å². The lowest BCUT2D eigenvalue weighted by molar-refractivity contribution is 0.360. The first kappa shape index (κ1) is 33.6. The van der Waals surface area contributed by atoms with Crippen LogP contribution in [0.5, 0.6) is 23.0 Å². The summed E-state index contributed by atoms with van der Waals surface area (Å²) < 4.78 is 24.6. The third kappa shape index (κ3) is 4.46. The number of nitrogens with zero attached hydrogens (tertiary/aromatic N) is 2. The van der Waals surface area contributed by atoms with Crippen molar-refractivity contribution in [1.82, 2.24) is 4.48 Å². The van der Waals surface area contributed by atoms with E-state index in [2.05, 4.69) is 164 Å². The highest BCUT2D eigenvalue weighted by Gasteiger charge is 2.46. The molecule has 8 aromatic carbocycles. The Kier molecular flexibility index (Phi) is 6.47. The van der Waals surface area contributed by atoms with Crippen molar-refractivity contribution in [3.63, 3.8) is 0 Å². The van der Waals surface area contributed by atoms with E-state index in [1.807, 2.05) is 35.6 Å². The molecule has 0 N–H and O–H groups in total. The molecule has 11 aromatic rings. The number of fused-ring (bicyclic) bond motifs is 15. The highest BCUT2D eigenvalue weighted by Crippen LogP contribution is 2.55. The van der Waals surface area contributed by atoms with E-state index >= 15 is 0 Å². The second-order valence-corrected chi connectivity index (χ2v) is 18.6. The Morgan fingerprint density at radius 3 is 2.10 bits per heavy atom. The first-order chi connectivity index (χ1) is 29.9. The topological polar surface area (TPSA) is 39.8 Å². The van der Waals surface area contributed by atoms with Gasteiger partial charge in [0.1, 0.15) is 5.58 Å². The molecule has 3 aliphatic heterocycles. The van der Waals surface area contributed by atoms with Crippen molar-refractivity contribution in [2.45, 2.75) is 26.2 Å². The minimum absolute atomic E-state index is 0.0678. The predicted octanol–water partition coefficient (Wildman–Crippen LogP) is 14.2. The molecule has 0 bridgehead atoms. The quantitative estimate of drug-likeness (QED) is 0.163. The van der Waals surface area contributed by atoms with Gasteiger partial charge in [0.15, 0.2) is 28.6 Å². The van der Waals surface area contributed by atoms with Gasteiger partial charge in [0.05, 0.1) is 16.2 Å². The number of ether oxygens (including phenoxy) is 2. The van der Waals surface area contributed by atoms with Gasteiger partial charge in [-0.1, -0.05) is 124 Å². The van der Waals surface area contributed by atoms with E-state index in [0.29, 0.717) is 23.0 Å². The summed E-state index contributed by atoms with van der Waals surface area (Å²) in [6.07, 6.45) is 0. The van der Waals surface area contributed by atoms with Crippen LogP contribution >= 0.6 is 11.3 Å².